The topological polar surface area (TPSA) is 43.4 Å². The fourth-order valence-electron chi connectivity index (χ4n) is 5.00. The molecule has 0 saturated heterocycles. The van der Waals surface area contributed by atoms with Gasteiger partial charge in [-0.25, -0.2) is 4.79 Å². The molecule has 1 aliphatic rings. The molecular weight excluding hydrogens is 408 g/mol. The van der Waals surface area contributed by atoms with Crippen LogP contribution < -0.4 is 0 Å². The van der Waals surface area contributed by atoms with Gasteiger partial charge in [-0.2, -0.15) is 0 Å². The number of Topliss-reactive ketones (excluding diaryl/α,β-unsaturated/α-hetero) is 1. The lowest BCUT2D eigenvalue weighted by Crippen LogP contribution is -2.26. The van der Waals surface area contributed by atoms with E-state index in [9.17, 15) is 9.59 Å². The third-order valence-corrected chi connectivity index (χ3v) is 7.18. The Hall–Kier alpha value is -2.08. The molecule has 0 radical (unpaired) electrons. The van der Waals surface area contributed by atoms with Gasteiger partial charge in [0.15, 0.2) is 6.10 Å². The van der Waals surface area contributed by atoms with Gasteiger partial charge in [0.1, 0.15) is 0 Å². The minimum absolute atomic E-state index is 0.450. The first-order valence-corrected chi connectivity index (χ1v) is 13.4. The third-order valence-electron chi connectivity index (χ3n) is 7.18. The normalized spacial score (nSPS) is 18.9. The predicted molar refractivity (Wildman–Crippen MR) is 136 cm³/mol. The van der Waals surface area contributed by atoms with E-state index < -0.39 is 17.9 Å². The van der Waals surface area contributed by atoms with Crippen molar-refractivity contribution in [1.29, 1.82) is 0 Å². The van der Waals surface area contributed by atoms with Crippen LogP contribution in [0.1, 0.15) is 132 Å². The SMILES string of the molecule is C#CC(=O)C(CCCCC)OC(=O)c1ccc(C2CCC(CCCCCCCC)CC2)cc1. The van der Waals surface area contributed by atoms with Gasteiger partial charge < -0.3 is 4.74 Å². The molecule has 1 aromatic rings. The van der Waals surface area contributed by atoms with Crippen molar-refractivity contribution >= 4 is 11.8 Å². The lowest BCUT2D eigenvalue weighted by Gasteiger charge is -2.29. The predicted octanol–water partition coefficient (Wildman–Crippen LogP) is 8.02. The molecule has 0 amide bonds. The van der Waals surface area contributed by atoms with Crippen molar-refractivity contribution in [2.45, 2.75) is 122 Å². The molecule has 0 aliphatic heterocycles. The highest BCUT2D eigenvalue weighted by Gasteiger charge is 2.24. The molecule has 182 valence electrons. The number of hydrogen-bond donors (Lipinski definition) is 0. The quantitative estimate of drug-likeness (QED) is 0.117. The zero-order valence-corrected chi connectivity index (χ0v) is 21.0. The standard InChI is InChI=1S/C30H44O3/c1-4-7-9-10-11-13-14-24-16-18-25(19-17-24)26-20-22-27(23-21-26)30(32)33-29(28(31)6-3)15-12-8-5-2/h3,20-25,29H,4-5,7-19H2,1-2H3. The maximum absolute atomic E-state index is 12.6. The zero-order chi connectivity index (χ0) is 23.9. The molecule has 0 spiro atoms. The molecule has 1 aromatic carbocycles. The van der Waals surface area contributed by atoms with Gasteiger partial charge >= 0.3 is 5.97 Å². The van der Waals surface area contributed by atoms with E-state index in [0.717, 1.165) is 25.2 Å². The van der Waals surface area contributed by atoms with Gasteiger partial charge in [-0.3, -0.25) is 4.79 Å². The number of hydrogen-bond acceptors (Lipinski definition) is 3. The number of carbonyl (C=O) groups excluding carboxylic acids is 2. The van der Waals surface area contributed by atoms with E-state index in [1.165, 1.54) is 76.2 Å². The molecule has 0 bridgehead atoms. The van der Waals surface area contributed by atoms with Crippen LogP contribution >= 0.6 is 0 Å². The molecule has 3 nitrogen and oxygen atoms in total. The van der Waals surface area contributed by atoms with Crippen LogP contribution in [0.3, 0.4) is 0 Å². The van der Waals surface area contributed by atoms with Crippen molar-refractivity contribution in [3.63, 3.8) is 0 Å². The largest absolute Gasteiger partial charge is 0.450 e. The fraction of sp³-hybridized carbons (Fsp3) is 0.667. The minimum atomic E-state index is -0.837. The number of unbranched alkanes of at least 4 members (excludes halogenated alkanes) is 7. The van der Waals surface area contributed by atoms with Crippen LogP contribution in [0.25, 0.3) is 0 Å². The van der Waals surface area contributed by atoms with Crippen molar-refractivity contribution in [1.82, 2.24) is 0 Å². The van der Waals surface area contributed by atoms with Crippen molar-refractivity contribution < 1.29 is 14.3 Å². The van der Waals surface area contributed by atoms with Gasteiger partial charge in [0.25, 0.3) is 0 Å². The van der Waals surface area contributed by atoms with Gasteiger partial charge in [0, 0.05) is 0 Å². The molecule has 0 N–H and O–H groups in total. The second kappa shape index (κ2) is 15.7. The van der Waals surface area contributed by atoms with Gasteiger partial charge in [0.05, 0.1) is 5.56 Å². The Morgan fingerprint density at radius 2 is 1.52 bits per heavy atom. The Labute approximate surface area is 202 Å². The van der Waals surface area contributed by atoms with Gasteiger partial charge in [0.2, 0.25) is 5.78 Å². The lowest BCUT2D eigenvalue weighted by atomic mass is 9.77. The first-order valence-electron chi connectivity index (χ1n) is 13.4. The first kappa shape index (κ1) is 27.2. The molecule has 0 aromatic heterocycles. The van der Waals surface area contributed by atoms with E-state index >= 15 is 0 Å². The Morgan fingerprint density at radius 3 is 2.15 bits per heavy atom. The Morgan fingerprint density at radius 1 is 0.909 bits per heavy atom. The summed E-state index contributed by atoms with van der Waals surface area (Å²) >= 11 is 0. The van der Waals surface area contributed by atoms with E-state index in [-0.39, 0.29) is 0 Å². The summed E-state index contributed by atoms with van der Waals surface area (Å²) in [7, 11) is 0. The average molecular weight is 453 g/mol. The second-order valence-corrected chi connectivity index (χ2v) is 9.79. The summed E-state index contributed by atoms with van der Waals surface area (Å²) < 4.78 is 5.47. The number of terminal acetylenes is 1. The zero-order valence-electron chi connectivity index (χ0n) is 21.0. The van der Waals surface area contributed by atoms with E-state index in [2.05, 4.69) is 31.9 Å². The highest BCUT2D eigenvalue weighted by Crippen LogP contribution is 2.37. The number of carbonyl (C=O) groups is 2. The van der Waals surface area contributed by atoms with Crippen LogP contribution in [0.15, 0.2) is 24.3 Å². The molecular formula is C30H44O3. The third kappa shape index (κ3) is 9.75. The van der Waals surface area contributed by atoms with Crippen molar-refractivity contribution in [3.05, 3.63) is 35.4 Å². The highest BCUT2D eigenvalue weighted by atomic mass is 16.5. The Balaban J connectivity index is 1.78. The monoisotopic (exact) mass is 452 g/mol. The van der Waals surface area contributed by atoms with Crippen LogP contribution in [0.4, 0.5) is 0 Å². The second-order valence-electron chi connectivity index (χ2n) is 9.79. The van der Waals surface area contributed by atoms with E-state index in [1.807, 2.05) is 12.1 Å². The van der Waals surface area contributed by atoms with Crippen LogP contribution in [-0.2, 0) is 9.53 Å². The number of rotatable bonds is 15. The highest BCUT2D eigenvalue weighted by molar-refractivity contribution is 6.00. The van der Waals surface area contributed by atoms with Gasteiger partial charge in [-0.15, -0.1) is 6.42 Å². The smallest absolute Gasteiger partial charge is 0.338 e. The minimum Gasteiger partial charge on any atom is -0.450 e. The summed E-state index contributed by atoms with van der Waals surface area (Å²) in [6.07, 6.45) is 22.5. The van der Waals surface area contributed by atoms with Crippen LogP contribution in [-0.4, -0.2) is 17.9 Å². The first-order chi connectivity index (χ1) is 16.1. The molecule has 3 heteroatoms. The van der Waals surface area contributed by atoms with Gasteiger partial charge in [-0.05, 0) is 74.0 Å². The molecule has 1 unspecified atom stereocenters. The van der Waals surface area contributed by atoms with E-state index in [1.54, 1.807) is 0 Å². The fourth-order valence-corrected chi connectivity index (χ4v) is 5.00. The van der Waals surface area contributed by atoms with Crippen molar-refractivity contribution in [2.75, 3.05) is 0 Å². The summed E-state index contributed by atoms with van der Waals surface area (Å²) in [6.45, 7) is 4.36. The molecule has 1 saturated carbocycles. The molecule has 1 aliphatic carbocycles. The molecule has 0 heterocycles. The summed E-state index contributed by atoms with van der Waals surface area (Å²) in [5, 5.41) is 0. The van der Waals surface area contributed by atoms with Crippen LogP contribution in [0, 0.1) is 18.3 Å². The van der Waals surface area contributed by atoms with E-state index in [4.69, 9.17) is 11.2 Å². The van der Waals surface area contributed by atoms with Crippen LogP contribution in [0.2, 0.25) is 0 Å². The summed E-state index contributed by atoms with van der Waals surface area (Å²) in [5.41, 5.74) is 1.80. The number of ether oxygens (including phenoxy) is 1. The van der Waals surface area contributed by atoms with Gasteiger partial charge in [-0.1, -0.05) is 83.8 Å². The molecule has 33 heavy (non-hydrogen) atoms. The molecule has 1 fully saturated rings. The number of esters is 1. The Bertz CT molecular complexity index is 735. The van der Waals surface area contributed by atoms with Crippen molar-refractivity contribution in [2.24, 2.45) is 5.92 Å². The lowest BCUT2D eigenvalue weighted by molar-refractivity contribution is -0.122. The Kier molecular flexibility index (Phi) is 12.9. The summed E-state index contributed by atoms with van der Waals surface area (Å²) in [5.74, 6) is 2.67. The average Bonchev–Trinajstić information content (AvgIpc) is 2.85. The maximum atomic E-state index is 12.6. The van der Waals surface area contributed by atoms with Crippen LogP contribution in [0.5, 0.6) is 0 Å². The van der Waals surface area contributed by atoms with E-state index in [0.29, 0.717) is 17.9 Å². The summed E-state index contributed by atoms with van der Waals surface area (Å²) in [4.78, 5) is 24.6. The number of benzene rings is 1. The summed E-state index contributed by atoms with van der Waals surface area (Å²) in [6, 6.07) is 7.79. The molecule has 2 rings (SSSR count). The number of ketones is 1. The molecule has 1 atom stereocenters. The van der Waals surface area contributed by atoms with Crippen molar-refractivity contribution in [3.8, 4) is 12.3 Å². The maximum Gasteiger partial charge on any atom is 0.338 e.